The fourth-order valence-corrected chi connectivity index (χ4v) is 3.48. The molecule has 1 aliphatic heterocycles. The van der Waals surface area contributed by atoms with E-state index in [9.17, 15) is 4.79 Å². The van der Waals surface area contributed by atoms with Gasteiger partial charge in [-0.1, -0.05) is 30.3 Å². The molecular formula is C20H25NO3. The lowest BCUT2D eigenvalue weighted by molar-refractivity contribution is -0.149. The molecule has 0 aromatic heterocycles. The third kappa shape index (κ3) is 3.54. The van der Waals surface area contributed by atoms with Crippen molar-refractivity contribution >= 4 is 16.7 Å². The summed E-state index contributed by atoms with van der Waals surface area (Å²) in [6.45, 7) is 5.00. The predicted molar refractivity (Wildman–Crippen MR) is 95.1 cm³/mol. The number of carbonyl (C=O) groups excluding carboxylic acids is 1. The summed E-state index contributed by atoms with van der Waals surface area (Å²) >= 11 is 0. The summed E-state index contributed by atoms with van der Waals surface area (Å²) in [5.41, 5.74) is 1.23. The lowest BCUT2D eigenvalue weighted by atomic mass is 9.96. The van der Waals surface area contributed by atoms with Gasteiger partial charge in [0.25, 0.3) is 0 Å². The summed E-state index contributed by atoms with van der Waals surface area (Å²) in [5, 5.41) is 2.47. The standard InChI is InChI=1S/C20H25NO3/c1-3-24-20(22)16-10-12-21(13-11-16)14-18-17-7-5-4-6-15(17)8-9-19(18)23-2/h4-9,16H,3,10-14H2,1-2H3. The minimum Gasteiger partial charge on any atom is -0.496 e. The van der Waals surface area contributed by atoms with Gasteiger partial charge in [0.2, 0.25) is 0 Å². The molecule has 4 nitrogen and oxygen atoms in total. The number of hydrogen-bond donors (Lipinski definition) is 0. The molecule has 4 heteroatoms. The van der Waals surface area contributed by atoms with E-state index >= 15 is 0 Å². The van der Waals surface area contributed by atoms with E-state index in [2.05, 4.69) is 35.2 Å². The SMILES string of the molecule is CCOC(=O)C1CCN(Cc2c(OC)ccc3ccccc23)CC1. The molecule has 2 aromatic rings. The van der Waals surface area contributed by atoms with Crippen molar-refractivity contribution < 1.29 is 14.3 Å². The summed E-state index contributed by atoms with van der Waals surface area (Å²) in [4.78, 5) is 14.3. The van der Waals surface area contributed by atoms with Crippen LogP contribution in [-0.2, 0) is 16.1 Å². The molecule has 1 heterocycles. The number of ether oxygens (including phenoxy) is 2. The quantitative estimate of drug-likeness (QED) is 0.786. The van der Waals surface area contributed by atoms with Crippen LogP contribution in [0.15, 0.2) is 36.4 Å². The Morgan fingerprint density at radius 3 is 2.62 bits per heavy atom. The first-order valence-corrected chi connectivity index (χ1v) is 8.66. The number of hydrogen-bond acceptors (Lipinski definition) is 4. The van der Waals surface area contributed by atoms with E-state index in [-0.39, 0.29) is 11.9 Å². The molecule has 3 rings (SSSR count). The summed E-state index contributed by atoms with van der Waals surface area (Å²) < 4.78 is 10.7. The van der Waals surface area contributed by atoms with E-state index in [1.807, 2.05) is 13.0 Å². The molecule has 0 N–H and O–H groups in total. The van der Waals surface area contributed by atoms with Crippen molar-refractivity contribution in [2.45, 2.75) is 26.3 Å². The Bertz CT molecular complexity index is 705. The van der Waals surface area contributed by atoms with Crippen molar-refractivity contribution in [1.82, 2.24) is 4.90 Å². The maximum absolute atomic E-state index is 11.9. The van der Waals surface area contributed by atoms with E-state index in [0.717, 1.165) is 38.2 Å². The van der Waals surface area contributed by atoms with E-state index in [1.165, 1.54) is 16.3 Å². The van der Waals surface area contributed by atoms with Crippen LogP contribution in [-0.4, -0.2) is 37.7 Å². The maximum atomic E-state index is 11.9. The molecule has 128 valence electrons. The predicted octanol–water partition coefficient (Wildman–Crippen LogP) is 3.62. The van der Waals surface area contributed by atoms with Crippen LogP contribution in [0.3, 0.4) is 0 Å². The van der Waals surface area contributed by atoms with Crippen LogP contribution in [0.1, 0.15) is 25.3 Å². The van der Waals surface area contributed by atoms with Gasteiger partial charge in [0.1, 0.15) is 5.75 Å². The largest absolute Gasteiger partial charge is 0.496 e. The second kappa shape index (κ2) is 7.67. The molecule has 0 atom stereocenters. The highest BCUT2D eigenvalue weighted by Gasteiger charge is 2.26. The number of rotatable bonds is 5. The first-order chi connectivity index (χ1) is 11.7. The van der Waals surface area contributed by atoms with Gasteiger partial charge in [0.05, 0.1) is 19.6 Å². The van der Waals surface area contributed by atoms with Crippen LogP contribution < -0.4 is 4.74 Å². The zero-order chi connectivity index (χ0) is 16.9. The van der Waals surface area contributed by atoms with E-state index < -0.39 is 0 Å². The maximum Gasteiger partial charge on any atom is 0.309 e. The topological polar surface area (TPSA) is 38.8 Å². The molecule has 0 unspecified atom stereocenters. The van der Waals surface area contributed by atoms with Crippen LogP contribution in [0.2, 0.25) is 0 Å². The van der Waals surface area contributed by atoms with Gasteiger partial charge in [-0.05, 0) is 49.7 Å². The first kappa shape index (κ1) is 16.8. The zero-order valence-electron chi connectivity index (χ0n) is 14.5. The molecule has 0 aliphatic carbocycles. The Morgan fingerprint density at radius 2 is 1.92 bits per heavy atom. The van der Waals surface area contributed by atoms with Crippen LogP contribution in [0.4, 0.5) is 0 Å². The van der Waals surface area contributed by atoms with Crippen molar-refractivity contribution in [3.05, 3.63) is 42.0 Å². The number of esters is 1. The molecular weight excluding hydrogens is 302 g/mol. The molecule has 24 heavy (non-hydrogen) atoms. The number of nitrogens with zero attached hydrogens (tertiary/aromatic N) is 1. The van der Waals surface area contributed by atoms with E-state index in [4.69, 9.17) is 9.47 Å². The number of benzene rings is 2. The molecule has 1 aliphatic rings. The zero-order valence-corrected chi connectivity index (χ0v) is 14.5. The van der Waals surface area contributed by atoms with Gasteiger partial charge in [-0.15, -0.1) is 0 Å². The van der Waals surface area contributed by atoms with Gasteiger partial charge in [0, 0.05) is 12.1 Å². The van der Waals surface area contributed by atoms with E-state index in [1.54, 1.807) is 7.11 Å². The average molecular weight is 327 g/mol. The lowest BCUT2D eigenvalue weighted by Gasteiger charge is -2.31. The van der Waals surface area contributed by atoms with Gasteiger partial charge < -0.3 is 9.47 Å². The number of methoxy groups -OCH3 is 1. The van der Waals surface area contributed by atoms with Crippen LogP contribution in [0.5, 0.6) is 5.75 Å². The van der Waals surface area contributed by atoms with Crippen LogP contribution in [0.25, 0.3) is 10.8 Å². The van der Waals surface area contributed by atoms with Crippen molar-refractivity contribution in [2.75, 3.05) is 26.8 Å². The molecule has 0 saturated carbocycles. The van der Waals surface area contributed by atoms with Gasteiger partial charge in [0.15, 0.2) is 0 Å². The third-order valence-corrected chi connectivity index (χ3v) is 4.81. The second-order valence-electron chi connectivity index (χ2n) is 6.27. The van der Waals surface area contributed by atoms with Gasteiger partial charge in [-0.3, -0.25) is 9.69 Å². The summed E-state index contributed by atoms with van der Waals surface area (Å²) in [7, 11) is 1.72. The average Bonchev–Trinajstić information content (AvgIpc) is 2.63. The molecule has 1 saturated heterocycles. The van der Waals surface area contributed by atoms with Crippen molar-refractivity contribution in [3.8, 4) is 5.75 Å². The monoisotopic (exact) mass is 327 g/mol. The number of likely N-dealkylation sites (tertiary alicyclic amines) is 1. The normalized spacial score (nSPS) is 16.2. The Morgan fingerprint density at radius 1 is 1.17 bits per heavy atom. The number of carbonyl (C=O) groups is 1. The minimum absolute atomic E-state index is 0.0418. The molecule has 0 radical (unpaired) electrons. The highest BCUT2D eigenvalue weighted by molar-refractivity contribution is 5.87. The number of piperidine rings is 1. The fraction of sp³-hybridized carbons (Fsp3) is 0.450. The van der Waals surface area contributed by atoms with Gasteiger partial charge in [-0.25, -0.2) is 0 Å². The summed E-state index contributed by atoms with van der Waals surface area (Å²) in [6, 6.07) is 12.6. The van der Waals surface area contributed by atoms with Crippen LogP contribution in [0, 0.1) is 5.92 Å². The van der Waals surface area contributed by atoms with Crippen molar-refractivity contribution in [2.24, 2.45) is 5.92 Å². The van der Waals surface area contributed by atoms with Crippen molar-refractivity contribution in [3.63, 3.8) is 0 Å². The smallest absolute Gasteiger partial charge is 0.309 e. The summed E-state index contributed by atoms with van der Waals surface area (Å²) in [6.07, 6.45) is 1.73. The van der Waals surface area contributed by atoms with Gasteiger partial charge >= 0.3 is 5.97 Å². The minimum atomic E-state index is -0.0418. The Balaban J connectivity index is 1.73. The van der Waals surface area contributed by atoms with Gasteiger partial charge in [-0.2, -0.15) is 0 Å². The third-order valence-electron chi connectivity index (χ3n) is 4.81. The second-order valence-corrected chi connectivity index (χ2v) is 6.27. The molecule has 0 amide bonds. The van der Waals surface area contributed by atoms with E-state index in [0.29, 0.717) is 6.61 Å². The summed E-state index contributed by atoms with van der Waals surface area (Å²) in [5.74, 6) is 0.941. The lowest BCUT2D eigenvalue weighted by Crippen LogP contribution is -2.36. The molecule has 2 aromatic carbocycles. The Kier molecular flexibility index (Phi) is 5.36. The van der Waals surface area contributed by atoms with Crippen LogP contribution >= 0.6 is 0 Å². The molecule has 0 bridgehead atoms. The molecule has 1 fully saturated rings. The Hall–Kier alpha value is -2.07. The van der Waals surface area contributed by atoms with Crippen molar-refractivity contribution in [1.29, 1.82) is 0 Å². The fourth-order valence-electron chi connectivity index (χ4n) is 3.48. The number of fused-ring (bicyclic) bond motifs is 1. The highest BCUT2D eigenvalue weighted by atomic mass is 16.5. The highest BCUT2D eigenvalue weighted by Crippen LogP contribution is 2.30. The Labute approximate surface area is 143 Å². The first-order valence-electron chi connectivity index (χ1n) is 8.66. The molecule has 0 spiro atoms.